The van der Waals surface area contributed by atoms with Crippen molar-refractivity contribution in [3.63, 3.8) is 0 Å². The summed E-state index contributed by atoms with van der Waals surface area (Å²) in [5, 5.41) is 3.20. The fourth-order valence-electron chi connectivity index (χ4n) is 1.75. The lowest BCUT2D eigenvalue weighted by molar-refractivity contribution is 0.395. The zero-order chi connectivity index (χ0) is 14.0. The molecule has 4 heteroatoms. The molecule has 0 amide bonds. The molecule has 0 aliphatic carbocycles. The topological polar surface area (TPSA) is 31.4 Å². The van der Waals surface area contributed by atoms with Gasteiger partial charge >= 0.3 is 0 Å². The van der Waals surface area contributed by atoms with Crippen molar-refractivity contribution in [3.05, 3.63) is 28.6 Å². The third-order valence-electron chi connectivity index (χ3n) is 2.83. The van der Waals surface area contributed by atoms with Crippen LogP contribution >= 0.6 is 11.3 Å². The molecule has 102 valence electrons. The van der Waals surface area contributed by atoms with Crippen molar-refractivity contribution < 1.29 is 9.47 Å². The van der Waals surface area contributed by atoms with Gasteiger partial charge in [0.25, 0.3) is 0 Å². The van der Waals surface area contributed by atoms with E-state index in [4.69, 9.17) is 14.5 Å². The van der Waals surface area contributed by atoms with Gasteiger partial charge in [-0.05, 0) is 12.1 Å². The largest absolute Gasteiger partial charge is 0.497 e. The first kappa shape index (κ1) is 13.9. The highest BCUT2D eigenvalue weighted by Crippen LogP contribution is 2.36. The molecule has 1 aromatic carbocycles. The Morgan fingerprint density at radius 2 is 1.84 bits per heavy atom. The molecule has 0 fully saturated rings. The van der Waals surface area contributed by atoms with Crippen molar-refractivity contribution in [3.8, 4) is 22.8 Å². The number of aromatic nitrogens is 1. The van der Waals surface area contributed by atoms with Gasteiger partial charge in [0.1, 0.15) is 11.5 Å². The molecule has 1 heterocycles. The van der Waals surface area contributed by atoms with Crippen LogP contribution in [-0.4, -0.2) is 19.2 Å². The van der Waals surface area contributed by atoms with Crippen LogP contribution in [0.3, 0.4) is 0 Å². The molecule has 0 bridgehead atoms. The Labute approximate surface area is 118 Å². The highest BCUT2D eigenvalue weighted by molar-refractivity contribution is 7.10. The Kier molecular flexibility index (Phi) is 3.80. The second-order valence-electron chi connectivity index (χ2n) is 5.35. The lowest BCUT2D eigenvalue weighted by Crippen LogP contribution is -2.10. The van der Waals surface area contributed by atoms with Crippen LogP contribution < -0.4 is 9.47 Å². The van der Waals surface area contributed by atoms with E-state index in [1.54, 1.807) is 25.6 Å². The number of nitrogens with zero attached hydrogens (tertiary/aromatic N) is 1. The van der Waals surface area contributed by atoms with Gasteiger partial charge in [-0.3, -0.25) is 0 Å². The fourth-order valence-corrected chi connectivity index (χ4v) is 2.66. The summed E-state index contributed by atoms with van der Waals surface area (Å²) in [5.41, 5.74) is 2.02. The van der Waals surface area contributed by atoms with Crippen LogP contribution in [0.2, 0.25) is 0 Å². The van der Waals surface area contributed by atoms with Crippen molar-refractivity contribution in [2.45, 2.75) is 26.2 Å². The molecule has 0 saturated heterocycles. The van der Waals surface area contributed by atoms with Crippen LogP contribution in [0.1, 0.15) is 25.8 Å². The zero-order valence-corrected chi connectivity index (χ0v) is 12.8. The Bertz CT molecular complexity index is 570. The van der Waals surface area contributed by atoms with E-state index in [-0.39, 0.29) is 5.41 Å². The Hall–Kier alpha value is -1.55. The monoisotopic (exact) mass is 277 g/mol. The SMILES string of the molecule is COc1ccc(-c2csc(C(C)(C)C)n2)c(OC)c1. The smallest absolute Gasteiger partial charge is 0.131 e. The first-order chi connectivity index (χ1) is 8.95. The molecule has 0 unspecified atom stereocenters. The third kappa shape index (κ3) is 2.89. The molecule has 0 saturated carbocycles. The number of methoxy groups -OCH3 is 2. The minimum Gasteiger partial charge on any atom is -0.497 e. The number of benzene rings is 1. The maximum absolute atomic E-state index is 5.42. The summed E-state index contributed by atoms with van der Waals surface area (Å²) in [6.45, 7) is 6.50. The second-order valence-corrected chi connectivity index (χ2v) is 6.21. The summed E-state index contributed by atoms with van der Waals surface area (Å²) in [5.74, 6) is 1.57. The molecule has 0 aliphatic rings. The van der Waals surface area contributed by atoms with Crippen LogP contribution in [0.4, 0.5) is 0 Å². The van der Waals surface area contributed by atoms with Gasteiger partial charge in [0.15, 0.2) is 0 Å². The summed E-state index contributed by atoms with van der Waals surface area (Å²) >= 11 is 1.68. The molecular weight excluding hydrogens is 258 g/mol. The van der Waals surface area contributed by atoms with E-state index in [0.29, 0.717) is 0 Å². The van der Waals surface area contributed by atoms with E-state index in [1.807, 2.05) is 18.2 Å². The van der Waals surface area contributed by atoms with Gasteiger partial charge in [0.2, 0.25) is 0 Å². The number of thiazole rings is 1. The molecular formula is C15H19NO2S. The van der Waals surface area contributed by atoms with Crippen LogP contribution in [0.25, 0.3) is 11.3 Å². The van der Waals surface area contributed by atoms with E-state index in [0.717, 1.165) is 27.8 Å². The molecule has 0 atom stereocenters. The van der Waals surface area contributed by atoms with Crippen molar-refractivity contribution in [2.75, 3.05) is 14.2 Å². The Balaban J connectivity index is 2.44. The van der Waals surface area contributed by atoms with E-state index < -0.39 is 0 Å². The minimum atomic E-state index is 0.0720. The van der Waals surface area contributed by atoms with E-state index >= 15 is 0 Å². The van der Waals surface area contributed by atoms with Gasteiger partial charge in [-0.2, -0.15) is 0 Å². The molecule has 0 aliphatic heterocycles. The predicted molar refractivity (Wildman–Crippen MR) is 79.4 cm³/mol. The molecule has 0 spiro atoms. The van der Waals surface area contributed by atoms with Gasteiger partial charge in [-0.25, -0.2) is 4.98 Å². The van der Waals surface area contributed by atoms with Crippen LogP contribution in [0, 0.1) is 0 Å². The van der Waals surface area contributed by atoms with Crippen molar-refractivity contribution >= 4 is 11.3 Å². The second kappa shape index (κ2) is 5.21. The van der Waals surface area contributed by atoms with Gasteiger partial charge in [0.05, 0.1) is 24.9 Å². The van der Waals surface area contributed by atoms with Crippen molar-refractivity contribution in [2.24, 2.45) is 0 Å². The summed E-state index contributed by atoms with van der Waals surface area (Å²) < 4.78 is 10.6. The summed E-state index contributed by atoms with van der Waals surface area (Å²) in [6.07, 6.45) is 0. The summed E-state index contributed by atoms with van der Waals surface area (Å²) in [7, 11) is 3.31. The molecule has 1 aromatic heterocycles. The van der Waals surface area contributed by atoms with Crippen LogP contribution in [-0.2, 0) is 5.41 Å². The molecule has 0 N–H and O–H groups in total. The minimum absolute atomic E-state index is 0.0720. The average molecular weight is 277 g/mol. The predicted octanol–water partition coefficient (Wildman–Crippen LogP) is 4.12. The highest BCUT2D eigenvalue weighted by Gasteiger charge is 2.19. The average Bonchev–Trinajstić information content (AvgIpc) is 2.87. The maximum Gasteiger partial charge on any atom is 0.131 e. The van der Waals surface area contributed by atoms with Crippen molar-refractivity contribution in [1.82, 2.24) is 4.98 Å². The zero-order valence-electron chi connectivity index (χ0n) is 12.0. The first-order valence-corrected chi connectivity index (χ1v) is 7.02. The Morgan fingerprint density at radius 3 is 2.37 bits per heavy atom. The molecule has 2 aromatic rings. The molecule has 0 radical (unpaired) electrons. The number of hydrogen-bond donors (Lipinski definition) is 0. The number of ether oxygens (including phenoxy) is 2. The molecule has 19 heavy (non-hydrogen) atoms. The maximum atomic E-state index is 5.42. The number of hydrogen-bond acceptors (Lipinski definition) is 4. The normalized spacial score (nSPS) is 11.4. The van der Waals surface area contributed by atoms with Gasteiger partial charge < -0.3 is 9.47 Å². The van der Waals surface area contributed by atoms with Gasteiger partial charge in [0, 0.05) is 22.4 Å². The third-order valence-corrected chi connectivity index (χ3v) is 4.10. The lowest BCUT2D eigenvalue weighted by Gasteiger charge is -2.14. The van der Waals surface area contributed by atoms with Crippen LogP contribution in [0.15, 0.2) is 23.6 Å². The molecule has 3 nitrogen and oxygen atoms in total. The highest BCUT2D eigenvalue weighted by atomic mass is 32.1. The van der Waals surface area contributed by atoms with Crippen LogP contribution in [0.5, 0.6) is 11.5 Å². The van der Waals surface area contributed by atoms with E-state index in [1.165, 1.54) is 0 Å². The van der Waals surface area contributed by atoms with E-state index in [2.05, 4.69) is 26.2 Å². The van der Waals surface area contributed by atoms with E-state index in [9.17, 15) is 0 Å². The van der Waals surface area contributed by atoms with Gasteiger partial charge in [-0.15, -0.1) is 11.3 Å². The summed E-state index contributed by atoms with van der Waals surface area (Å²) in [4.78, 5) is 4.71. The fraction of sp³-hybridized carbons (Fsp3) is 0.400. The van der Waals surface area contributed by atoms with Gasteiger partial charge in [-0.1, -0.05) is 20.8 Å². The summed E-state index contributed by atoms with van der Waals surface area (Å²) in [6, 6.07) is 5.79. The molecule has 2 rings (SSSR count). The quantitative estimate of drug-likeness (QED) is 0.845. The van der Waals surface area contributed by atoms with Crippen molar-refractivity contribution in [1.29, 1.82) is 0 Å². The number of rotatable bonds is 3. The Morgan fingerprint density at radius 1 is 1.11 bits per heavy atom. The first-order valence-electron chi connectivity index (χ1n) is 6.14. The lowest BCUT2D eigenvalue weighted by atomic mass is 9.98. The standard InChI is InChI=1S/C15H19NO2S/c1-15(2,3)14-16-12(9-19-14)11-7-6-10(17-4)8-13(11)18-5/h6-9H,1-5H3.